The van der Waals surface area contributed by atoms with Crippen LogP contribution in [0.3, 0.4) is 0 Å². The Kier molecular flexibility index (Phi) is 3.51. The standard InChI is InChI=1S/C16H19N3O2/c1-11-3-5-12(6-4-11)13-7-14(19-18-13)15(20)17-8-16(2)9-21-10-16/h3-7H,8-10H2,1-2H3,(H,17,20)(H,18,19). The van der Waals surface area contributed by atoms with E-state index in [4.69, 9.17) is 4.74 Å². The Bertz CT molecular complexity index is 642. The molecule has 1 aromatic heterocycles. The molecule has 0 bridgehead atoms. The van der Waals surface area contributed by atoms with E-state index in [9.17, 15) is 4.79 Å². The van der Waals surface area contributed by atoms with Gasteiger partial charge in [0.05, 0.1) is 18.9 Å². The van der Waals surface area contributed by atoms with Crippen LogP contribution in [0, 0.1) is 12.3 Å². The van der Waals surface area contributed by atoms with Gasteiger partial charge in [0.15, 0.2) is 0 Å². The maximum Gasteiger partial charge on any atom is 0.269 e. The SMILES string of the molecule is Cc1ccc(-c2cc(C(=O)NCC3(C)COC3)[nH]n2)cc1. The fraction of sp³-hybridized carbons (Fsp3) is 0.375. The predicted molar refractivity (Wildman–Crippen MR) is 80.0 cm³/mol. The number of ether oxygens (including phenoxy) is 1. The van der Waals surface area contributed by atoms with Gasteiger partial charge in [-0.1, -0.05) is 36.8 Å². The second-order valence-corrected chi connectivity index (χ2v) is 6.02. The maximum absolute atomic E-state index is 12.1. The van der Waals surface area contributed by atoms with Gasteiger partial charge >= 0.3 is 0 Å². The van der Waals surface area contributed by atoms with Crippen molar-refractivity contribution in [2.45, 2.75) is 13.8 Å². The van der Waals surface area contributed by atoms with E-state index in [2.05, 4.69) is 22.4 Å². The molecule has 0 aliphatic carbocycles. The average Bonchev–Trinajstić information content (AvgIpc) is 2.93. The lowest BCUT2D eigenvalue weighted by Crippen LogP contribution is -2.48. The van der Waals surface area contributed by atoms with Crippen molar-refractivity contribution in [1.82, 2.24) is 15.5 Å². The molecule has 5 nitrogen and oxygen atoms in total. The number of nitrogens with zero attached hydrogens (tertiary/aromatic N) is 1. The Labute approximate surface area is 123 Å². The molecular weight excluding hydrogens is 266 g/mol. The van der Waals surface area contributed by atoms with Crippen LogP contribution in [-0.4, -0.2) is 35.9 Å². The number of carbonyl (C=O) groups excluding carboxylic acids is 1. The van der Waals surface area contributed by atoms with Crippen molar-refractivity contribution in [3.05, 3.63) is 41.6 Å². The van der Waals surface area contributed by atoms with Gasteiger partial charge in [-0.2, -0.15) is 5.10 Å². The summed E-state index contributed by atoms with van der Waals surface area (Å²) in [6, 6.07) is 9.84. The molecule has 1 aliphatic heterocycles. The highest BCUT2D eigenvalue weighted by Gasteiger charge is 2.33. The zero-order valence-corrected chi connectivity index (χ0v) is 12.3. The Balaban J connectivity index is 1.66. The summed E-state index contributed by atoms with van der Waals surface area (Å²) in [7, 11) is 0. The Morgan fingerprint density at radius 1 is 1.38 bits per heavy atom. The topological polar surface area (TPSA) is 67.0 Å². The summed E-state index contributed by atoms with van der Waals surface area (Å²) in [6.07, 6.45) is 0. The number of aromatic nitrogens is 2. The fourth-order valence-electron chi connectivity index (χ4n) is 2.25. The van der Waals surface area contributed by atoms with Gasteiger partial charge in [-0.15, -0.1) is 0 Å². The van der Waals surface area contributed by atoms with E-state index in [1.54, 1.807) is 6.07 Å². The highest BCUT2D eigenvalue weighted by molar-refractivity contribution is 5.93. The van der Waals surface area contributed by atoms with E-state index in [1.165, 1.54) is 5.56 Å². The van der Waals surface area contributed by atoms with Gasteiger partial charge in [-0.25, -0.2) is 0 Å². The van der Waals surface area contributed by atoms with E-state index in [0.29, 0.717) is 25.5 Å². The molecule has 0 spiro atoms. The van der Waals surface area contributed by atoms with E-state index in [1.807, 2.05) is 31.2 Å². The second kappa shape index (κ2) is 5.33. The van der Waals surface area contributed by atoms with Crippen LogP contribution in [0.15, 0.2) is 30.3 Å². The molecule has 2 heterocycles. The van der Waals surface area contributed by atoms with Crippen molar-refractivity contribution >= 4 is 5.91 Å². The number of amides is 1. The lowest BCUT2D eigenvalue weighted by Gasteiger charge is -2.37. The zero-order chi connectivity index (χ0) is 14.9. The van der Waals surface area contributed by atoms with Crippen LogP contribution in [0.5, 0.6) is 0 Å². The minimum atomic E-state index is -0.131. The van der Waals surface area contributed by atoms with Crippen molar-refractivity contribution < 1.29 is 9.53 Å². The van der Waals surface area contributed by atoms with Crippen LogP contribution >= 0.6 is 0 Å². The predicted octanol–water partition coefficient (Wildman–Crippen LogP) is 2.15. The minimum absolute atomic E-state index is 0.0649. The van der Waals surface area contributed by atoms with Crippen LogP contribution in [0.4, 0.5) is 0 Å². The zero-order valence-electron chi connectivity index (χ0n) is 12.3. The molecule has 1 saturated heterocycles. The third-order valence-corrected chi connectivity index (χ3v) is 3.75. The number of nitrogens with one attached hydrogen (secondary N) is 2. The molecule has 1 amide bonds. The monoisotopic (exact) mass is 285 g/mol. The summed E-state index contributed by atoms with van der Waals surface area (Å²) < 4.78 is 5.18. The van der Waals surface area contributed by atoms with Gasteiger partial charge in [0, 0.05) is 17.5 Å². The molecule has 1 aromatic carbocycles. The number of aryl methyl sites for hydroxylation is 1. The normalized spacial score (nSPS) is 16.3. The van der Waals surface area contributed by atoms with Gasteiger partial charge in [0.2, 0.25) is 0 Å². The number of rotatable bonds is 4. The molecule has 0 saturated carbocycles. The quantitative estimate of drug-likeness (QED) is 0.904. The molecule has 110 valence electrons. The second-order valence-electron chi connectivity index (χ2n) is 6.02. The van der Waals surface area contributed by atoms with E-state index >= 15 is 0 Å². The van der Waals surface area contributed by atoms with Crippen LogP contribution < -0.4 is 5.32 Å². The smallest absolute Gasteiger partial charge is 0.269 e. The third-order valence-electron chi connectivity index (χ3n) is 3.75. The van der Waals surface area contributed by atoms with Gasteiger partial charge in [-0.05, 0) is 13.0 Å². The number of hydrogen-bond acceptors (Lipinski definition) is 3. The van der Waals surface area contributed by atoms with Gasteiger partial charge in [0.1, 0.15) is 5.69 Å². The first-order valence-electron chi connectivity index (χ1n) is 7.04. The molecule has 0 atom stereocenters. The van der Waals surface area contributed by atoms with Crippen LogP contribution in [0.1, 0.15) is 23.0 Å². The lowest BCUT2D eigenvalue weighted by molar-refractivity contribution is -0.0978. The highest BCUT2D eigenvalue weighted by Crippen LogP contribution is 2.25. The minimum Gasteiger partial charge on any atom is -0.380 e. The average molecular weight is 285 g/mol. The molecule has 1 aliphatic rings. The number of H-pyrrole nitrogens is 1. The van der Waals surface area contributed by atoms with Crippen molar-refractivity contribution in [3.63, 3.8) is 0 Å². The summed E-state index contributed by atoms with van der Waals surface area (Å²) in [6.45, 7) is 6.15. The first-order valence-corrected chi connectivity index (χ1v) is 7.04. The van der Waals surface area contributed by atoms with E-state index in [-0.39, 0.29) is 11.3 Å². The Morgan fingerprint density at radius 3 is 2.71 bits per heavy atom. The molecular formula is C16H19N3O2. The van der Waals surface area contributed by atoms with E-state index < -0.39 is 0 Å². The summed E-state index contributed by atoms with van der Waals surface area (Å²) in [5.41, 5.74) is 3.52. The molecule has 0 radical (unpaired) electrons. The van der Waals surface area contributed by atoms with E-state index in [0.717, 1.165) is 11.3 Å². The van der Waals surface area contributed by atoms with Gasteiger partial charge in [0.25, 0.3) is 5.91 Å². The number of carbonyl (C=O) groups is 1. The Morgan fingerprint density at radius 2 is 2.10 bits per heavy atom. The number of aromatic amines is 1. The number of benzene rings is 1. The third kappa shape index (κ3) is 2.97. The van der Waals surface area contributed by atoms with Crippen molar-refractivity contribution in [1.29, 1.82) is 0 Å². The van der Waals surface area contributed by atoms with Gasteiger partial charge in [-0.3, -0.25) is 9.89 Å². The molecule has 21 heavy (non-hydrogen) atoms. The molecule has 5 heteroatoms. The fourth-order valence-corrected chi connectivity index (χ4v) is 2.25. The van der Waals surface area contributed by atoms with Crippen LogP contribution in [0.25, 0.3) is 11.3 Å². The van der Waals surface area contributed by atoms with Crippen molar-refractivity contribution in [2.75, 3.05) is 19.8 Å². The molecule has 1 fully saturated rings. The largest absolute Gasteiger partial charge is 0.380 e. The van der Waals surface area contributed by atoms with Crippen molar-refractivity contribution in [2.24, 2.45) is 5.41 Å². The summed E-state index contributed by atoms with van der Waals surface area (Å²) in [4.78, 5) is 12.1. The lowest BCUT2D eigenvalue weighted by atomic mass is 9.89. The summed E-state index contributed by atoms with van der Waals surface area (Å²) >= 11 is 0. The molecule has 2 N–H and O–H groups in total. The maximum atomic E-state index is 12.1. The van der Waals surface area contributed by atoms with Crippen LogP contribution in [0.2, 0.25) is 0 Å². The van der Waals surface area contributed by atoms with Gasteiger partial charge < -0.3 is 10.1 Å². The Hall–Kier alpha value is -2.14. The highest BCUT2D eigenvalue weighted by atomic mass is 16.5. The summed E-state index contributed by atoms with van der Waals surface area (Å²) in [5, 5.41) is 9.93. The first-order chi connectivity index (χ1) is 10.1. The summed E-state index contributed by atoms with van der Waals surface area (Å²) in [5.74, 6) is -0.131. The first kappa shape index (κ1) is 13.8. The van der Waals surface area contributed by atoms with Crippen LogP contribution in [-0.2, 0) is 4.74 Å². The number of hydrogen-bond donors (Lipinski definition) is 2. The molecule has 0 unspecified atom stereocenters. The molecule has 3 rings (SSSR count). The van der Waals surface area contributed by atoms with Crippen molar-refractivity contribution in [3.8, 4) is 11.3 Å². The molecule has 2 aromatic rings.